The normalized spacial score (nSPS) is 18.0. The number of hydrogen-bond donors (Lipinski definition) is 2. The fourth-order valence-corrected chi connectivity index (χ4v) is 4.41. The molecule has 0 spiro atoms. The van der Waals surface area contributed by atoms with E-state index in [0.29, 0.717) is 25.3 Å². The van der Waals surface area contributed by atoms with Crippen LogP contribution in [0.15, 0.2) is 83.9 Å². The fourth-order valence-electron chi connectivity index (χ4n) is 3.60. The third-order valence-corrected chi connectivity index (χ3v) is 6.38. The number of benzene rings is 2. The first-order chi connectivity index (χ1) is 15.7. The van der Waals surface area contributed by atoms with Gasteiger partial charge >= 0.3 is 0 Å². The summed E-state index contributed by atoms with van der Waals surface area (Å²) >= 11 is 1.67. The molecule has 2 N–H and O–H groups in total. The van der Waals surface area contributed by atoms with Crippen molar-refractivity contribution in [3.63, 3.8) is 0 Å². The number of allylic oxidation sites excluding steroid dienone is 1. The Kier molecular flexibility index (Phi) is 7.72. The van der Waals surface area contributed by atoms with Crippen LogP contribution in [0.3, 0.4) is 0 Å². The number of carbonyl (C=O) groups is 1. The summed E-state index contributed by atoms with van der Waals surface area (Å²) in [4.78, 5) is 14.0. The van der Waals surface area contributed by atoms with Gasteiger partial charge in [-0.1, -0.05) is 60.7 Å². The summed E-state index contributed by atoms with van der Waals surface area (Å²) < 4.78 is 12.0. The maximum atomic E-state index is 12.8. The molecule has 1 amide bonds. The highest BCUT2D eigenvalue weighted by Crippen LogP contribution is 2.34. The van der Waals surface area contributed by atoms with Crippen LogP contribution in [0.2, 0.25) is 0 Å². The Morgan fingerprint density at radius 1 is 1.03 bits per heavy atom. The first kappa shape index (κ1) is 22.3. The van der Waals surface area contributed by atoms with Gasteiger partial charge in [0.05, 0.1) is 13.2 Å². The van der Waals surface area contributed by atoms with Crippen molar-refractivity contribution in [1.82, 2.24) is 5.32 Å². The first-order valence-electron chi connectivity index (χ1n) is 10.8. The van der Waals surface area contributed by atoms with Crippen molar-refractivity contribution in [3.8, 4) is 0 Å². The van der Waals surface area contributed by atoms with Crippen LogP contribution in [0.25, 0.3) is 0 Å². The van der Waals surface area contributed by atoms with Crippen LogP contribution < -0.4 is 5.32 Å². The number of hydrogen-bond acceptors (Lipinski definition) is 5. The van der Waals surface area contributed by atoms with Gasteiger partial charge in [0.2, 0.25) is 6.29 Å². The highest BCUT2D eigenvalue weighted by atomic mass is 32.1. The average molecular weight is 450 g/mol. The van der Waals surface area contributed by atoms with E-state index in [0.717, 1.165) is 17.5 Å². The summed E-state index contributed by atoms with van der Waals surface area (Å²) in [5.41, 5.74) is 3.02. The molecule has 4 rings (SSSR count). The van der Waals surface area contributed by atoms with E-state index in [2.05, 4.69) is 11.4 Å². The van der Waals surface area contributed by atoms with Crippen molar-refractivity contribution in [2.75, 3.05) is 6.54 Å². The standard InChI is InChI=1S/C26H27NO4S/c28-17-20-8-10-21(11-9-20)18-30-25-16-22(24-7-4-14-32-24)15-23(31-25)26(29)27-13-12-19-5-2-1-3-6-19/h1-11,14-15,22,25,28H,12-13,16-18H2,(H,27,29)/t22-,25+/m1/s1. The molecule has 1 aromatic heterocycles. The smallest absolute Gasteiger partial charge is 0.286 e. The van der Waals surface area contributed by atoms with Crippen molar-refractivity contribution in [1.29, 1.82) is 0 Å². The van der Waals surface area contributed by atoms with E-state index in [1.165, 1.54) is 10.4 Å². The lowest BCUT2D eigenvalue weighted by Gasteiger charge is -2.28. The molecule has 166 valence electrons. The zero-order valence-corrected chi connectivity index (χ0v) is 18.6. The molecule has 6 heteroatoms. The van der Waals surface area contributed by atoms with Crippen molar-refractivity contribution in [2.45, 2.75) is 38.3 Å². The van der Waals surface area contributed by atoms with Crippen molar-refractivity contribution in [2.24, 2.45) is 0 Å². The molecular formula is C26H27NO4S. The molecule has 0 saturated heterocycles. The maximum Gasteiger partial charge on any atom is 0.286 e. The van der Waals surface area contributed by atoms with Gasteiger partial charge in [-0.05, 0) is 40.6 Å². The molecule has 0 aliphatic carbocycles. The van der Waals surface area contributed by atoms with Crippen LogP contribution in [0.5, 0.6) is 0 Å². The van der Waals surface area contributed by atoms with E-state index in [-0.39, 0.29) is 18.4 Å². The monoisotopic (exact) mass is 449 g/mol. The van der Waals surface area contributed by atoms with Crippen LogP contribution in [0.1, 0.15) is 33.9 Å². The van der Waals surface area contributed by atoms with E-state index < -0.39 is 6.29 Å². The Morgan fingerprint density at radius 3 is 2.53 bits per heavy atom. The van der Waals surface area contributed by atoms with E-state index in [4.69, 9.17) is 9.47 Å². The van der Waals surface area contributed by atoms with Gasteiger partial charge in [-0.25, -0.2) is 0 Å². The van der Waals surface area contributed by atoms with Gasteiger partial charge < -0.3 is 19.9 Å². The highest BCUT2D eigenvalue weighted by Gasteiger charge is 2.29. The summed E-state index contributed by atoms with van der Waals surface area (Å²) in [5, 5.41) is 14.2. The zero-order valence-electron chi connectivity index (χ0n) is 17.8. The molecule has 2 atom stereocenters. The molecule has 2 aromatic carbocycles. The van der Waals surface area contributed by atoms with E-state index in [1.54, 1.807) is 11.3 Å². The molecule has 1 aliphatic heterocycles. The molecule has 1 aliphatic rings. The second-order valence-corrected chi connectivity index (χ2v) is 8.69. The van der Waals surface area contributed by atoms with Crippen molar-refractivity contribution in [3.05, 3.63) is 106 Å². The predicted octanol–water partition coefficient (Wildman–Crippen LogP) is 4.53. The lowest BCUT2D eigenvalue weighted by atomic mass is 9.99. The molecule has 5 nitrogen and oxygen atoms in total. The predicted molar refractivity (Wildman–Crippen MR) is 125 cm³/mol. The molecule has 0 fully saturated rings. The van der Waals surface area contributed by atoms with E-state index in [1.807, 2.05) is 72.1 Å². The van der Waals surface area contributed by atoms with Crippen LogP contribution in [-0.2, 0) is 33.9 Å². The minimum atomic E-state index is -0.514. The van der Waals surface area contributed by atoms with E-state index in [9.17, 15) is 9.90 Å². The Balaban J connectivity index is 1.38. The molecule has 0 unspecified atom stereocenters. The molecule has 32 heavy (non-hydrogen) atoms. The Labute approximate surface area is 192 Å². The average Bonchev–Trinajstić information content (AvgIpc) is 3.39. The Morgan fingerprint density at radius 2 is 1.81 bits per heavy atom. The number of amides is 1. The number of carbonyl (C=O) groups excluding carboxylic acids is 1. The molecule has 0 saturated carbocycles. The number of thiophene rings is 1. The van der Waals surface area contributed by atoms with Gasteiger partial charge in [-0.2, -0.15) is 0 Å². The van der Waals surface area contributed by atoms with Gasteiger partial charge in [0.25, 0.3) is 5.91 Å². The van der Waals surface area contributed by atoms with Gasteiger partial charge in [0.15, 0.2) is 5.76 Å². The zero-order chi connectivity index (χ0) is 22.2. The quantitative estimate of drug-likeness (QED) is 0.504. The minimum absolute atomic E-state index is 0.0168. The summed E-state index contributed by atoms with van der Waals surface area (Å²) in [6.07, 6.45) is 2.80. The fraction of sp³-hybridized carbons (Fsp3) is 0.269. The SMILES string of the molecule is O=C(NCCc1ccccc1)C1=C[C@@H](c2cccs2)C[C@@H](OCc2ccc(CO)cc2)O1. The second-order valence-electron chi connectivity index (χ2n) is 7.71. The molecular weight excluding hydrogens is 422 g/mol. The Hall–Kier alpha value is -2.93. The van der Waals surface area contributed by atoms with Crippen molar-refractivity contribution < 1.29 is 19.4 Å². The van der Waals surface area contributed by atoms with Gasteiger partial charge in [-0.3, -0.25) is 4.79 Å². The lowest BCUT2D eigenvalue weighted by Crippen LogP contribution is -2.33. The van der Waals surface area contributed by atoms with Gasteiger partial charge in [0, 0.05) is 23.8 Å². The maximum absolute atomic E-state index is 12.8. The number of ether oxygens (including phenoxy) is 2. The number of rotatable bonds is 9. The third kappa shape index (κ3) is 6.07. The van der Waals surface area contributed by atoms with Crippen LogP contribution in [0.4, 0.5) is 0 Å². The summed E-state index contributed by atoms with van der Waals surface area (Å²) in [5.74, 6) is 0.159. The summed E-state index contributed by atoms with van der Waals surface area (Å²) in [6.45, 7) is 0.926. The summed E-state index contributed by atoms with van der Waals surface area (Å²) in [6, 6.07) is 21.8. The highest BCUT2D eigenvalue weighted by molar-refractivity contribution is 7.10. The van der Waals surface area contributed by atoms with Gasteiger partial charge in [-0.15, -0.1) is 11.3 Å². The van der Waals surface area contributed by atoms with Gasteiger partial charge in [0.1, 0.15) is 0 Å². The molecule has 2 heterocycles. The van der Waals surface area contributed by atoms with Crippen LogP contribution in [-0.4, -0.2) is 23.8 Å². The number of aliphatic hydroxyl groups is 1. The van der Waals surface area contributed by atoms with Crippen molar-refractivity contribution >= 4 is 17.2 Å². The molecule has 0 radical (unpaired) electrons. The third-order valence-electron chi connectivity index (χ3n) is 5.37. The molecule has 0 bridgehead atoms. The number of aliphatic hydroxyl groups excluding tert-OH is 1. The van der Waals surface area contributed by atoms with Crippen LogP contribution in [0, 0.1) is 0 Å². The Bertz CT molecular complexity index is 1020. The first-order valence-corrected chi connectivity index (χ1v) is 11.6. The second kappa shape index (κ2) is 11.1. The molecule has 3 aromatic rings. The number of nitrogens with one attached hydrogen (secondary N) is 1. The minimum Gasteiger partial charge on any atom is -0.459 e. The largest absolute Gasteiger partial charge is 0.459 e. The van der Waals surface area contributed by atoms with Crippen LogP contribution >= 0.6 is 11.3 Å². The topological polar surface area (TPSA) is 67.8 Å². The van der Waals surface area contributed by atoms with E-state index >= 15 is 0 Å². The summed E-state index contributed by atoms with van der Waals surface area (Å²) in [7, 11) is 0. The lowest BCUT2D eigenvalue weighted by molar-refractivity contribution is -0.150.